The summed E-state index contributed by atoms with van der Waals surface area (Å²) in [5, 5.41) is 10.4. The van der Waals surface area contributed by atoms with Crippen LogP contribution in [0.2, 0.25) is 0 Å². The first-order chi connectivity index (χ1) is 15.0. The molecule has 0 amide bonds. The van der Waals surface area contributed by atoms with Crippen LogP contribution in [-0.4, -0.2) is 36.7 Å². The van der Waals surface area contributed by atoms with Crippen molar-refractivity contribution < 1.29 is 28.9 Å². The van der Waals surface area contributed by atoms with Gasteiger partial charge in [0.15, 0.2) is 5.78 Å². The number of hydrogen-bond acceptors (Lipinski definition) is 6. The number of carbonyl (C=O) groups is 2. The van der Waals surface area contributed by atoms with E-state index in [1.807, 2.05) is 31.2 Å². The maximum atomic E-state index is 11.7. The highest BCUT2D eigenvalue weighted by Crippen LogP contribution is 2.40. The van der Waals surface area contributed by atoms with E-state index in [2.05, 4.69) is 0 Å². The number of rotatable bonds is 10. The van der Waals surface area contributed by atoms with Gasteiger partial charge in [-0.05, 0) is 49.6 Å². The number of phenolic OH excluding ortho intramolecular Hbond substituents is 1. The third-order valence-corrected chi connectivity index (χ3v) is 5.15. The van der Waals surface area contributed by atoms with Gasteiger partial charge < -0.3 is 19.3 Å². The first-order valence-electron chi connectivity index (χ1n) is 10.4. The molecule has 0 radical (unpaired) electrons. The molecule has 1 aliphatic rings. The van der Waals surface area contributed by atoms with Gasteiger partial charge in [-0.3, -0.25) is 4.79 Å². The van der Waals surface area contributed by atoms with E-state index in [1.165, 1.54) is 14.0 Å². The molecule has 164 valence electrons. The number of epoxide rings is 1. The molecule has 2 aromatic rings. The molecule has 1 saturated heterocycles. The Bertz CT molecular complexity index is 978. The van der Waals surface area contributed by atoms with Crippen LogP contribution in [0.1, 0.15) is 64.6 Å². The SMILES string of the molecule is CCCc1c(OCCC=C[C@@H]2O[C@H]2c2cccc(C(=O)OC)c2)ccc(C(C)=O)c1O. The Morgan fingerprint density at radius 1 is 1.23 bits per heavy atom. The molecule has 0 aliphatic carbocycles. The van der Waals surface area contributed by atoms with Crippen LogP contribution in [0.15, 0.2) is 48.6 Å². The van der Waals surface area contributed by atoms with Crippen molar-refractivity contribution in [1.82, 2.24) is 0 Å². The van der Waals surface area contributed by atoms with Crippen molar-refractivity contribution in [3.63, 3.8) is 0 Å². The highest BCUT2D eigenvalue weighted by atomic mass is 16.6. The van der Waals surface area contributed by atoms with Gasteiger partial charge in [0.2, 0.25) is 0 Å². The standard InChI is InChI=1S/C25H28O6/c1-4-8-20-21(13-12-19(16(2)26)23(20)27)30-14-6-5-11-22-24(31-22)17-9-7-10-18(15-17)25(28)29-3/h5,7,9-13,15,22,24,27H,4,6,8,14H2,1-3H3/t22-,24-/m0/s1. The van der Waals surface area contributed by atoms with Crippen molar-refractivity contribution in [2.45, 2.75) is 45.3 Å². The van der Waals surface area contributed by atoms with E-state index >= 15 is 0 Å². The molecule has 6 heteroatoms. The van der Waals surface area contributed by atoms with Crippen LogP contribution in [0.25, 0.3) is 0 Å². The number of hydrogen-bond donors (Lipinski definition) is 1. The Labute approximate surface area is 182 Å². The van der Waals surface area contributed by atoms with Crippen molar-refractivity contribution in [2.75, 3.05) is 13.7 Å². The van der Waals surface area contributed by atoms with Crippen molar-refractivity contribution in [3.05, 3.63) is 70.8 Å². The average molecular weight is 424 g/mol. The minimum Gasteiger partial charge on any atom is -0.507 e. The molecule has 1 N–H and O–H groups in total. The van der Waals surface area contributed by atoms with E-state index < -0.39 is 0 Å². The molecule has 0 spiro atoms. The van der Waals surface area contributed by atoms with Gasteiger partial charge in [-0.25, -0.2) is 4.79 Å². The number of aromatic hydroxyl groups is 1. The fourth-order valence-electron chi connectivity index (χ4n) is 3.49. The van der Waals surface area contributed by atoms with Crippen molar-refractivity contribution in [1.29, 1.82) is 0 Å². The average Bonchev–Trinajstić information content (AvgIpc) is 3.54. The number of ketones is 1. The van der Waals surface area contributed by atoms with Crippen molar-refractivity contribution in [3.8, 4) is 11.5 Å². The van der Waals surface area contributed by atoms with E-state index in [4.69, 9.17) is 14.2 Å². The highest BCUT2D eigenvalue weighted by molar-refractivity contribution is 5.97. The van der Waals surface area contributed by atoms with Gasteiger partial charge in [-0.1, -0.05) is 37.6 Å². The third kappa shape index (κ3) is 5.52. The summed E-state index contributed by atoms with van der Waals surface area (Å²) in [5.74, 6) is 0.0979. The summed E-state index contributed by atoms with van der Waals surface area (Å²) in [6.07, 6.45) is 6.05. The normalized spacial score (nSPS) is 17.5. The maximum Gasteiger partial charge on any atom is 0.337 e. The van der Waals surface area contributed by atoms with Crippen LogP contribution in [0.3, 0.4) is 0 Å². The second-order valence-electron chi connectivity index (χ2n) is 7.45. The number of Topliss-reactive ketones (excluding diaryl/α,β-unsaturated/α-hetero) is 1. The topological polar surface area (TPSA) is 85.4 Å². The lowest BCUT2D eigenvalue weighted by atomic mass is 10.0. The van der Waals surface area contributed by atoms with Crippen LogP contribution < -0.4 is 4.74 Å². The summed E-state index contributed by atoms with van der Waals surface area (Å²) < 4.78 is 16.3. The van der Waals surface area contributed by atoms with Crippen molar-refractivity contribution >= 4 is 11.8 Å². The summed E-state index contributed by atoms with van der Waals surface area (Å²) in [7, 11) is 1.36. The Kier molecular flexibility index (Phi) is 7.47. The molecule has 0 saturated carbocycles. The predicted octanol–water partition coefficient (Wildman–Crippen LogP) is 4.80. The van der Waals surface area contributed by atoms with Gasteiger partial charge in [0.05, 0.1) is 24.8 Å². The monoisotopic (exact) mass is 424 g/mol. The molecule has 1 fully saturated rings. The third-order valence-electron chi connectivity index (χ3n) is 5.15. The molecule has 2 atom stereocenters. The fourth-order valence-corrected chi connectivity index (χ4v) is 3.49. The van der Waals surface area contributed by atoms with Crippen LogP contribution in [0.5, 0.6) is 11.5 Å². The Morgan fingerprint density at radius 3 is 2.74 bits per heavy atom. The summed E-state index contributed by atoms with van der Waals surface area (Å²) in [6.45, 7) is 3.90. The number of esters is 1. The molecule has 0 unspecified atom stereocenters. The largest absolute Gasteiger partial charge is 0.507 e. The number of carbonyl (C=O) groups excluding carboxylic acids is 2. The smallest absolute Gasteiger partial charge is 0.337 e. The number of phenols is 1. The van der Waals surface area contributed by atoms with Crippen LogP contribution in [0, 0.1) is 0 Å². The van der Waals surface area contributed by atoms with Gasteiger partial charge in [-0.15, -0.1) is 0 Å². The molecule has 1 aliphatic heterocycles. The summed E-state index contributed by atoms with van der Waals surface area (Å²) in [5.41, 5.74) is 2.45. The molecule has 1 heterocycles. The van der Waals surface area contributed by atoms with E-state index in [-0.39, 0.29) is 29.7 Å². The predicted molar refractivity (Wildman–Crippen MR) is 117 cm³/mol. The lowest BCUT2D eigenvalue weighted by molar-refractivity contribution is 0.0600. The highest BCUT2D eigenvalue weighted by Gasteiger charge is 2.38. The molecule has 6 nitrogen and oxygen atoms in total. The fraction of sp³-hybridized carbons (Fsp3) is 0.360. The minimum atomic E-state index is -0.364. The van der Waals surface area contributed by atoms with Crippen LogP contribution in [-0.2, 0) is 15.9 Å². The molecule has 3 rings (SSSR count). The Balaban J connectivity index is 1.52. The van der Waals surface area contributed by atoms with E-state index in [9.17, 15) is 14.7 Å². The van der Waals surface area contributed by atoms with E-state index in [1.54, 1.807) is 24.3 Å². The number of ether oxygens (including phenoxy) is 3. The lowest BCUT2D eigenvalue weighted by Crippen LogP contribution is -2.03. The molecule has 0 bridgehead atoms. The first-order valence-corrected chi connectivity index (χ1v) is 10.4. The number of benzene rings is 2. The molecule has 2 aromatic carbocycles. The van der Waals surface area contributed by atoms with Crippen molar-refractivity contribution in [2.24, 2.45) is 0 Å². The molecular weight excluding hydrogens is 396 g/mol. The van der Waals surface area contributed by atoms with E-state index in [0.717, 1.165) is 12.0 Å². The molecular formula is C25H28O6. The van der Waals surface area contributed by atoms with Gasteiger partial charge in [-0.2, -0.15) is 0 Å². The zero-order valence-electron chi connectivity index (χ0n) is 18.1. The van der Waals surface area contributed by atoms with Crippen LogP contribution >= 0.6 is 0 Å². The quantitative estimate of drug-likeness (QED) is 0.194. The van der Waals surface area contributed by atoms with Gasteiger partial charge in [0, 0.05) is 5.56 Å². The maximum absolute atomic E-state index is 11.7. The zero-order chi connectivity index (χ0) is 22.4. The van der Waals surface area contributed by atoms with Gasteiger partial charge >= 0.3 is 5.97 Å². The number of methoxy groups -OCH3 is 1. The van der Waals surface area contributed by atoms with E-state index in [0.29, 0.717) is 41.9 Å². The summed E-state index contributed by atoms with van der Waals surface area (Å²) >= 11 is 0. The molecule has 0 aromatic heterocycles. The zero-order valence-corrected chi connectivity index (χ0v) is 18.1. The molecule has 31 heavy (non-hydrogen) atoms. The minimum absolute atomic E-state index is 0.0193. The second kappa shape index (κ2) is 10.3. The second-order valence-corrected chi connectivity index (χ2v) is 7.45. The van der Waals surface area contributed by atoms with Gasteiger partial charge in [0.25, 0.3) is 0 Å². The lowest BCUT2D eigenvalue weighted by Gasteiger charge is -2.14. The van der Waals surface area contributed by atoms with Crippen LogP contribution in [0.4, 0.5) is 0 Å². The Hall–Kier alpha value is -3.12. The summed E-state index contributed by atoms with van der Waals surface area (Å²) in [4.78, 5) is 23.3. The van der Waals surface area contributed by atoms with Gasteiger partial charge in [0.1, 0.15) is 23.7 Å². The summed E-state index contributed by atoms with van der Waals surface area (Å²) in [6, 6.07) is 10.6. The Morgan fingerprint density at radius 2 is 2.03 bits per heavy atom. The first kappa shape index (κ1) is 22.6.